The fourth-order valence-corrected chi connectivity index (χ4v) is 3.26. The Labute approximate surface area is 117 Å². The predicted octanol–water partition coefficient (Wildman–Crippen LogP) is 1.46. The quantitative estimate of drug-likeness (QED) is 0.791. The first kappa shape index (κ1) is 14.8. The van der Waals surface area contributed by atoms with Crippen LogP contribution >= 0.6 is 0 Å². The van der Waals surface area contributed by atoms with Gasteiger partial charge in [0, 0.05) is 24.7 Å². The number of likely N-dealkylation sites (tertiary alicyclic amines) is 1. The highest BCUT2D eigenvalue weighted by Crippen LogP contribution is 2.27. The Morgan fingerprint density at radius 3 is 2.68 bits per heavy atom. The first-order chi connectivity index (χ1) is 9.17. The number of amides is 1. The van der Waals surface area contributed by atoms with Gasteiger partial charge < -0.3 is 10.2 Å². The van der Waals surface area contributed by atoms with Gasteiger partial charge in [-0.3, -0.25) is 9.69 Å². The lowest BCUT2D eigenvalue weighted by Crippen LogP contribution is -2.53. The standard InChI is InChI=1S/C15H29N3O/c1-4-18(13-8-9-13)15(19)11-17-10-6-5-7-14(17)12(2)16-3/h12-14,16H,4-11H2,1-3H3. The minimum atomic E-state index is 0.334. The van der Waals surface area contributed by atoms with Crippen LogP contribution in [-0.2, 0) is 4.79 Å². The van der Waals surface area contributed by atoms with Crippen LogP contribution in [0.4, 0.5) is 0 Å². The zero-order chi connectivity index (χ0) is 13.8. The van der Waals surface area contributed by atoms with Gasteiger partial charge in [0.05, 0.1) is 6.54 Å². The molecular formula is C15H29N3O. The molecule has 0 bridgehead atoms. The summed E-state index contributed by atoms with van der Waals surface area (Å²) in [5, 5.41) is 3.35. The summed E-state index contributed by atoms with van der Waals surface area (Å²) in [7, 11) is 2.02. The smallest absolute Gasteiger partial charge is 0.236 e. The molecule has 0 aromatic rings. The number of nitrogens with zero attached hydrogens (tertiary/aromatic N) is 2. The molecule has 4 nitrogen and oxygen atoms in total. The van der Waals surface area contributed by atoms with E-state index in [0.29, 0.717) is 30.6 Å². The predicted molar refractivity (Wildman–Crippen MR) is 78.1 cm³/mol. The van der Waals surface area contributed by atoms with E-state index in [1.54, 1.807) is 0 Å². The highest BCUT2D eigenvalue weighted by Gasteiger charge is 2.34. The zero-order valence-electron chi connectivity index (χ0n) is 12.7. The second kappa shape index (κ2) is 6.71. The summed E-state index contributed by atoms with van der Waals surface area (Å²) in [5.41, 5.74) is 0. The molecule has 0 aromatic carbocycles. The van der Waals surface area contributed by atoms with E-state index in [1.807, 2.05) is 7.05 Å². The van der Waals surface area contributed by atoms with E-state index in [0.717, 1.165) is 13.1 Å². The zero-order valence-corrected chi connectivity index (χ0v) is 12.7. The molecule has 1 heterocycles. The van der Waals surface area contributed by atoms with Crippen LogP contribution in [0.1, 0.15) is 46.0 Å². The number of likely N-dealkylation sites (N-methyl/N-ethyl adjacent to an activating group) is 2. The molecule has 0 radical (unpaired) electrons. The van der Waals surface area contributed by atoms with Crippen molar-refractivity contribution in [1.29, 1.82) is 0 Å². The molecule has 2 aliphatic rings. The molecular weight excluding hydrogens is 238 g/mol. The Bertz CT molecular complexity index is 304. The van der Waals surface area contributed by atoms with Crippen LogP contribution in [-0.4, -0.2) is 60.5 Å². The van der Waals surface area contributed by atoms with Crippen molar-refractivity contribution in [2.75, 3.05) is 26.7 Å². The molecule has 1 aliphatic heterocycles. The van der Waals surface area contributed by atoms with Crippen LogP contribution in [0.3, 0.4) is 0 Å². The SMILES string of the molecule is CCN(C(=O)CN1CCCCC1C(C)NC)C1CC1. The molecule has 2 atom stereocenters. The summed E-state index contributed by atoms with van der Waals surface area (Å²) in [4.78, 5) is 16.9. The van der Waals surface area contributed by atoms with Gasteiger partial charge in [0.2, 0.25) is 5.91 Å². The molecule has 1 N–H and O–H groups in total. The van der Waals surface area contributed by atoms with Gasteiger partial charge in [0.15, 0.2) is 0 Å². The minimum Gasteiger partial charge on any atom is -0.339 e. The third-order valence-electron chi connectivity index (χ3n) is 4.68. The topological polar surface area (TPSA) is 35.6 Å². The van der Waals surface area contributed by atoms with Crippen molar-refractivity contribution in [3.63, 3.8) is 0 Å². The molecule has 1 saturated carbocycles. The maximum atomic E-state index is 12.4. The Kier molecular flexibility index (Phi) is 5.22. The number of nitrogens with one attached hydrogen (secondary N) is 1. The fourth-order valence-electron chi connectivity index (χ4n) is 3.26. The Morgan fingerprint density at radius 2 is 2.11 bits per heavy atom. The van der Waals surface area contributed by atoms with Gasteiger partial charge in [0.25, 0.3) is 0 Å². The van der Waals surface area contributed by atoms with Gasteiger partial charge in [-0.25, -0.2) is 0 Å². The van der Waals surface area contributed by atoms with Gasteiger partial charge in [-0.05, 0) is 53.1 Å². The Morgan fingerprint density at radius 1 is 1.37 bits per heavy atom. The number of hydrogen-bond donors (Lipinski definition) is 1. The maximum absolute atomic E-state index is 12.4. The molecule has 110 valence electrons. The lowest BCUT2D eigenvalue weighted by molar-refractivity contribution is -0.133. The Hall–Kier alpha value is -0.610. The molecule has 2 unspecified atom stereocenters. The normalized spacial score (nSPS) is 26.2. The van der Waals surface area contributed by atoms with Gasteiger partial charge in [-0.2, -0.15) is 0 Å². The van der Waals surface area contributed by atoms with Crippen molar-refractivity contribution in [3.05, 3.63) is 0 Å². The van der Waals surface area contributed by atoms with Crippen LogP contribution in [0.5, 0.6) is 0 Å². The van der Waals surface area contributed by atoms with Crippen molar-refractivity contribution in [1.82, 2.24) is 15.1 Å². The molecule has 2 rings (SSSR count). The number of hydrogen-bond acceptors (Lipinski definition) is 3. The summed E-state index contributed by atoms with van der Waals surface area (Å²) >= 11 is 0. The molecule has 1 aliphatic carbocycles. The number of rotatable bonds is 6. The van der Waals surface area contributed by atoms with Gasteiger partial charge >= 0.3 is 0 Å². The third kappa shape index (κ3) is 3.69. The molecule has 1 saturated heterocycles. The number of carbonyl (C=O) groups excluding carboxylic acids is 1. The van der Waals surface area contributed by atoms with Crippen molar-refractivity contribution in [3.8, 4) is 0 Å². The summed E-state index contributed by atoms with van der Waals surface area (Å²) in [6.07, 6.45) is 6.15. The van der Waals surface area contributed by atoms with E-state index in [9.17, 15) is 4.79 Å². The van der Waals surface area contributed by atoms with Gasteiger partial charge in [-0.1, -0.05) is 6.42 Å². The molecule has 0 spiro atoms. The highest BCUT2D eigenvalue weighted by molar-refractivity contribution is 5.79. The van der Waals surface area contributed by atoms with Crippen LogP contribution in [0, 0.1) is 0 Å². The lowest BCUT2D eigenvalue weighted by Gasteiger charge is -2.39. The first-order valence-corrected chi connectivity index (χ1v) is 7.88. The molecule has 2 fully saturated rings. The van der Waals surface area contributed by atoms with E-state index in [4.69, 9.17) is 0 Å². The van der Waals surface area contributed by atoms with Crippen LogP contribution in [0.15, 0.2) is 0 Å². The maximum Gasteiger partial charge on any atom is 0.236 e. The monoisotopic (exact) mass is 267 g/mol. The Balaban J connectivity index is 1.92. The van der Waals surface area contributed by atoms with Crippen molar-refractivity contribution < 1.29 is 4.79 Å². The summed E-state index contributed by atoms with van der Waals surface area (Å²) < 4.78 is 0. The number of piperidine rings is 1. The van der Waals surface area contributed by atoms with Crippen LogP contribution in [0.2, 0.25) is 0 Å². The highest BCUT2D eigenvalue weighted by atomic mass is 16.2. The van der Waals surface area contributed by atoms with Crippen LogP contribution < -0.4 is 5.32 Å². The molecule has 0 aromatic heterocycles. The van der Waals surface area contributed by atoms with E-state index in [2.05, 4.69) is 29.0 Å². The summed E-state index contributed by atoms with van der Waals surface area (Å²) in [6, 6.07) is 1.52. The lowest BCUT2D eigenvalue weighted by atomic mass is 9.96. The molecule has 1 amide bonds. The van der Waals surface area contributed by atoms with Gasteiger partial charge in [-0.15, -0.1) is 0 Å². The second-order valence-electron chi connectivity index (χ2n) is 6.02. The van der Waals surface area contributed by atoms with Crippen molar-refractivity contribution >= 4 is 5.91 Å². The first-order valence-electron chi connectivity index (χ1n) is 7.88. The van der Waals surface area contributed by atoms with E-state index in [1.165, 1.54) is 32.1 Å². The van der Waals surface area contributed by atoms with Gasteiger partial charge in [0.1, 0.15) is 0 Å². The fraction of sp³-hybridized carbons (Fsp3) is 0.933. The average molecular weight is 267 g/mol. The summed E-state index contributed by atoms with van der Waals surface area (Å²) in [5.74, 6) is 0.334. The average Bonchev–Trinajstić information content (AvgIpc) is 3.24. The molecule has 4 heteroatoms. The van der Waals surface area contributed by atoms with Crippen LogP contribution in [0.25, 0.3) is 0 Å². The second-order valence-corrected chi connectivity index (χ2v) is 6.02. The van der Waals surface area contributed by atoms with Crippen molar-refractivity contribution in [2.45, 2.75) is 64.1 Å². The largest absolute Gasteiger partial charge is 0.339 e. The molecule has 19 heavy (non-hydrogen) atoms. The van der Waals surface area contributed by atoms with E-state index < -0.39 is 0 Å². The van der Waals surface area contributed by atoms with E-state index in [-0.39, 0.29) is 0 Å². The van der Waals surface area contributed by atoms with Crippen molar-refractivity contribution in [2.24, 2.45) is 0 Å². The minimum absolute atomic E-state index is 0.334. The van der Waals surface area contributed by atoms with E-state index >= 15 is 0 Å². The third-order valence-corrected chi connectivity index (χ3v) is 4.68. The summed E-state index contributed by atoms with van der Waals surface area (Å²) in [6.45, 7) is 6.88. The number of carbonyl (C=O) groups is 1.